The van der Waals surface area contributed by atoms with Crippen LogP contribution in [0.2, 0.25) is 0 Å². The van der Waals surface area contributed by atoms with Gasteiger partial charge in [-0.15, -0.1) is 0 Å². The molecule has 0 amide bonds. The third kappa shape index (κ3) is 3.01. The summed E-state index contributed by atoms with van der Waals surface area (Å²) in [5, 5.41) is 23.4. The molecule has 0 bridgehead atoms. The van der Waals surface area contributed by atoms with Gasteiger partial charge < -0.3 is 5.11 Å². The highest BCUT2D eigenvalue weighted by molar-refractivity contribution is 5.88. The fourth-order valence-electron chi connectivity index (χ4n) is 2.96. The highest BCUT2D eigenvalue weighted by atomic mass is 16.6. The fourth-order valence-corrected chi connectivity index (χ4v) is 2.96. The highest BCUT2D eigenvalue weighted by Crippen LogP contribution is 2.37. The molecular weight excluding hydrogens is 290 g/mol. The second-order valence-corrected chi connectivity index (χ2v) is 5.70. The van der Waals surface area contributed by atoms with E-state index in [9.17, 15) is 15.2 Å². The Kier molecular flexibility index (Phi) is 3.98. The van der Waals surface area contributed by atoms with Crippen LogP contribution in [0.25, 0.3) is 10.8 Å². The minimum Gasteiger partial charge on any atom is -0.508 e. The number of nitro groups is 1. The number of hydrogen-bond acceptors (Lipinski definition) is 3. The summed E-state index contributed by atoms with van der Waals surface area (Å²) in [5.74, 6) is -0.396. The van der Waals surface area contributed by atoms with Gasteiger partial charge in [0.15, 0.2) is 0 Å². The summed E-state index contributed by atoms with van der Waals surface area (Å²) in [6, 6.07) is 18.7. The number of phenols is 1. The van der Waals surface area contributed by atoms with Gasteiger partial charge in [-0.2, -0.15) is 0 Å². The quantitative estimate of drug-likeness (QED) is 0.578. The minimum absolute atomic E-state index is 0.0936. The van der Waals surface area contributed by atoms with Crippen molar-refractivity contribution in [1.29, 1.82) is 0 Å². The van der Waals surface area contributed by atoms with E-state index in [0.717, 1.165) is 21.9 Å². The largest absolute Gasteiger partial charge is 0.508 e. The van der Waals surface area contributed by atoms with Crippen LogP contribution in [0.15, 0.2) is 60.7 Å². The molecule has 0 heterocycles. The van der Waals surface area contributed by atoms with Crippen LogP contribution >= 0.6 is 0 Å². The molecule has 0 aliphatic carbocycles. The van der Waals surface area contributed by atoms with Crippen LogP contribution in [0.1, 0.15) is 22.6 Å². The Labute approximate surface area is 134 Å². The van der Waals surface area contributed by atoms with Crippen molar-refractivity contribution in [3.05, 3.63) is 87.5 Å². The van der Waals surface area contributed by atoms with Gasteiger partial charge in [0, 0.05) is 10.5 Å². The number of aryl methyl sites for hydroxylation is 1. The van der Waals surface area contributed by atoms with Crippen molar-refractivity contribution < 1.29 is 10.0 Å². The Hall–Kier alpha value is -2.88. The molecule has 0 radical (unpaired) electrons. The lowest BCUT2D eigenvalue weighted by molar-refractivity contribution is -0.481. The lowest BCUT2D eigenvalue weighted by atomic mass is 9.87. The maximum Gasteiger partial charge on any atom is 0.214 e. The van der Waals surface area contributed by atoms with Crippen LogP contribution in [0.4, 0.5) is 0 Å². The zero-order valence-corrected chi connectivity index (χ0v) is 12.8. The summed E-state index contributed by atoms with van der Waals surface area (Å²) in [7, 11) is 0. The molecule has 1 atom stereocenters. The first-order valence-corrected chi connectivity index (χ1v) is 7.45. The van der Waals surface area contributed by atoms with Crippen molar-refractivity contribution in [3.8, 4) is 5.75 Å². The van der Waals surface area contributed by atoms with E-state index in [1.165, 1.54) is 0 Å². The molecular formula is C19H17NO3. The van der Waals surface area contributed by atoms with Crippen molar-refractivity contribution in [2.75, 3.05) is 6.54 Å². The smallest absolute Gasteiger partial charge is 0.214 e. The Morgan fingerprint density at radius 1 is 1.04 bits per heavy atom. The van der Waals surface area contributed by atoms with Crippen LogP contribution in [0, 0.1) is 17.0 Å². The molecule has 3 rings (SSSR count). The van der Waals surface area contributed by atoms with Crippen LogP contribution < -0.4 is 0 Å². The van der Waals surface area contributed by atoms with Crippen molar-refractivity contribution in [2.45, 2.75) is 12.8 Å². The van der Waals surface area contributed by atoms with E-state index in [4.69, 9.17) is 0 Å². The van der Waals surface area contributed by atoms with Crippen molar-refractivity contribution >= 4 is 10.8 Å². The maximum absolute atomic E-state index is 11.2. The topological polar surface area (TPSA) is 63.4 Å². The van der Waals surface area contributed by atoms with Gasteiger partial charge in [0.1, 0.15) is 5.75 Å². The first kappa shape index (κ1) is 15.0. The van der Waals surface area contributed by atoms with Gasteiger partial charge in [-0.3, -0.25) is 10.1 Å². The monoisotopic (exact) mass is 307 g/mol. The van der Waals surface area contributed by atoms with E-state index in [1.54, 1.807) is 6.07 Å². The van der Waals surface area contributed by atoms with E-state index in [-0.39, 0.29) is 17.2 Å². The predicted octanol–water partition coefficient (Wildman–Crippen LogP) is 4.26. The molecule has 0 fully saturated rings. The van der Waals surface area contributed by atoms with Gasteiger partial charge in [-0.25, -0.2) is 0 Å². The Balaban J connectivity index is 2.22. The van der Waals surface area contributed by atoms with Crippen LogP contribution in [0.5, 0.6) is 5.75 Å². The Morgan fingerprint density at radius 2 is 1.74 bits per heavy atom. The first-order valence-electron chi connectivity index (χ1n) is 7.45. The Morgan fingerprint density at radius 3 is 2.43 bits per heavy atom. The molecule has 0 spiro atoms. The number of nitrogens with zero attached hydrogens (tertiary/aromatic N) is 1. The lowest BCUT2D eigenvalue weighted by Gasteiger charge is -2.18. The SMILES string of the molecule is Cc1ccc([C@H](C[N+](=O)[O-])c2c(O)ccc3ccccc23)cc1. The minimum atomic E-state index is -0.489. The van der Waals surface area contributed by atoms with Crippen LogP contribution in [0.3, 0.4) is 0 Å². The molecule has 4 heteroatoms. The van der Waals surface area contributed by atoms with E-state index in [1.807, 2.05) is 61.5 Å². The first-order chi connectivity index (χ1) is 11.1. The van der Waals surface area contributed by atoms with Crippen LogP contribution in [-0.2, 0) is 0 Å². The van der Waals surface area contributed by atoms with E-state index in [0.29, 0.717) is 5.56 Å². The molecule has 23 heavy (non-hydrogen) atoms. The number of aromatic hydroxyl groups is 1. The van der Waals surface area contributed by atoms with Gasteiger partial charge in [-0.1, -0.05) is 60.2 Å². The number of hydrogen-bond donors (Lipinski definition) is 1. The fraction of sp³-hybridized carbons (Fsp3) is 0.158. The summed E-state index contributed by atoms with van der Waals surface area (Å²) in [6.07, 6.45) is 0. The van der Waals surface area contributed by atoms with Crippen molar-refractivity contribution in [1.82, 2.24) is 0 Å². The second-order valence-electron chi connectivity index (χ2n) is 5.70. The van der Waals surface area contributed by atoms with Crippen molar-refractivity contribution in [2.24, 2.45) is 0 Å². The molecule has 0 aliphatic rings. The van der Waals surface area contributed by atoms with Gasteiger partial charge in [0.2, 0.25) is 6.54 Å². The highest BCUT2D eigenvalue weighted by Gasteiger charge is 2.25. The summed E-state index contributed by atoms with van der Waals surface area (Å²) in [4.78, 5) is 10.9. The van der Waals surface area contributed by atoms with Crippen molar-refractivity contribution in [3.63, 3.8) is 0 Å². The zero-order chi connectivity index (χ0) is 16.4. The molecule has 0 saturated heterocycles. The van der Waals surface area contributed by atoms with Gasteiger partial charge in [0.05, 0.1) is 5.92 Å². The van der Waals surface area contributed by atoms with Gasteiger partial charge in [0.25, 0.3) is 0 Å². The molecule has 4 nitrogen and oxygen atoms in total. The molecule has 3 aromatic carbocycles. The van der Waals surface area contributed by atoms with E-state index >= 15 is 0 Å². The molecule has 0 aliphatic heterocycles. The van der Waals surface area contributed by atoms with Gasteiger partial charge in [-0.05, 0) is 29.3 Å². The summed E-state index contributed by atoms with van der Waals surface area (Å²) in [5.41, 5.74) is 2.54. The van der Waals surface area contributed by atoms with E-state index in [2.05, 4.69) is 0 Å². The standard InChI is InChI=1S/C19H17NO3/c1-13-6-8-15(9-7-13)17(12-20(22)23)19-16-5-3-2-4-14(16)10-11-18(19)21/h2-11,17,21H,12H2,1H3/t17-/m0/s1. The summed E-state index contributed by atoms with van der Waals surface area (Å²) < 4.78 is 0. The van der Waals surface area contributed by atoms with E-state index < -0.39 is 5.92 Å². The molecule has 0 saturated carbocycles. The lowest BCUT2D eigenvalue weighted by Crippen LogP contribution is -2.14. The molecule has 0 aromatic heterocycles. The normalized spacial score (nSPS) is 12.2. The second kappa shape index (κ2) is 6.08. The van der Waals surface area contributed by atoms with Gasteiger partial charge >= 0.3 is 0 Å². The number of phenolic OH excluding ortho intramolecular Hbond substituents is 1. The average molecular weight is 307 g/mol. The number of fused-ring (bicyclic) bond motifs is 1. The van der Waals surface area contributed by atoms with Crippen LogP contribution in [-0.4, -0.2) is 16.6 Å². The zero-order valence-electron chi connectivity index (χ0n) is 12.8. The predicted molar refractivity (Wildman–Crippen MR) is 90.5 cm³/mol. The number of rotatable bonds is 4. The third-order valence-electron chi connectivity index (χ3n) is 4.11. The third-order valence-corrected chi connectivity index (χ3v) is 4.11. The summed E-state index contributed by atoms with van der Waals surface area (Å²) >= 11 is 0. The molecule has 1 N–H and O–H groups in total. The Bertz CT molecular complexity index is 856. The molecule has 116 valence electrons. The average Bonchev–Trinajstić information content (AvgIpc) is 2.54. The molecule has 0 unspecified atom stereocenters. The molecule has 3 aromatic rings. The maximum atomic E-state index is 11.2. The number of benzene rings is 3. The summed E-state index contributed by atoms with van der Waals surface area (Å²) in [6.45, 7) is 1.71.